The van der Waals surface area contributed by atoms with E-state index in [0.29, 0.717) is 6.04 Å². The van der Waals surface area contributed by atoms with Gasteiger partial charge in [0.25, 0.3) is 0 Å². The van der Waals surface area contributed by atoms with Crippen LogP contribution in [-0.4, -0.2) is 16.3 Å². The van der Waals surface area contributed by atoms with Gasteiger partial charge in [0.15, 0.2) is 0 Å². The molecule has 0 aromatic carbocycles. The number of hydrogen-bond acceptors (Lipinski definition) is 3. The molecular weight excluding hydrogens is 278 g/mol. The molecule has 0 bridgehead atoms. The summed E-state index contributed by atoms with van der Waals surface area (Å²) in [6.07, 6.45) is 4.32. The number of aromatic nitrogens is 2. The van der Waals surface area contributed by atoms with Crippen LogP contribution in [0.1, 0.15) is 54.4 Å². The van der Waals surface area contributed by atoms with Crippen LogP contribution in [0.25, 0.3) is 0 Å². The van der Waals surface area contributed by atoms with E-state index in [1.165, 1.54) is 21.1 Å². The molecule has 2 aromatic heterocycles. The maximum Gasteiger partial charge on any atom is 0.0625 e. The van der Waals surface area contributed by atoms with Gasteiger partial charge in [-0.3, -0.25) is 4.68 Å². The van der Waals surface area contributed by atoms with Crippen LogP contribution >= 0.6 is 11.3 Å². The molecule has 1 N–H and O–H groups in total. The van der Waals surface area contributed by atoms with Crippen LogP contribution in [-0.2, 0) is 26.3 Å². The minimum Gasteiger partial charge on any atom is -0.308 e. The lowest BCUT2D eigenvalue weighted by atomic mass is 10.1. The van der Waals surface area contributed by atoms with Gasteiger partial charge < -0.3 is 5.32 Å². The Balaban J connectivity index is 2.18. The van der Waals surface area contributed by atoms with Crippen molar-refractivity contribution in [1.29, 1.82) is 0 Å². The van der Waals surface area contributed by atoms with Crippen LogP contribution in [0, 0.1) is 0 Å². The fourth-order valence-electron chi connectivity index (χ4n) is 2.57. The molecule has 0 radical (unpaired) electrons. The Morgan fingerprint density at radius 3 is 2.52 bits per heavy atom. The molecular formula is C17H27N3S. The molecule has 0 spiro atoms. The minimum absolute atomic E-state index is 0.353. The van der Waals surface area contributed by atoms with Gasteiger partial charge in [0.05, 0.1) is 17.4 Å². The first-order valence-electron chi connectivity index (χ1n) is 8.01. The molecule has 4 heteroatoms. The minimum atomic E-state index is 0.353. The monoisotopic (exact) mass is 305 g/mol. The Labute approximate surface area is 132 Å². The van der Waals surface area contributed by atoms with Crippen LogP contribution in [0.3, 0.4) is 0 Å². The fourth-order valence-corrected chi connectivity index (χ4v) is 3.57. The molecule has 0 aliphatic carbocycles. The number of thiophene rings is 1. The van der Waals surface area contributed by atoms with Gasteiger partial charge in [0.1, 0.15) is 0 Å². The van der Waals surface area contributed by atoms with E-state index in [2.05, 4.69) is 56.4 Å². The predicted molar refractivity (Wildman–Crippen MR) is 91.0 cm³/mol. The third-order valence-corrected chi connectivity index (χ3v) is 5.05. The largest absolute Gasteiger partial charge is 0.308 e. The first-order chi connectivity index (χ1) is 10.2. The van der Waals surface area contributed by atoms with E-state index in [1.807, 2.05) is 16.0 Å². The Kier molecular flexibility index (Phi) is 6.00. The van der Waals surface area contributed by atoms with Crippen molar-refractivity contribution in [3.8, 4) is 0 Å². The van der Waals surface area contributed by atoms with Gasteiger partial charge in [0.2, 0.25) is 0 Å². The van der Waals surface area contributed by atoms with Crippen molar-refractivity contribution in [2.24, 2.45) is 7.05 Å². The van der Waals surface area contributed by atoms with E-state index in [-0.39, 0.29) is 0 Å². The first kappa shape index (κ1) is 16.2. The highest BCUT2D eigenvalue weighted by Crippen LogP contribution is 2.24. The molecule has 21 heavy (non-hydrogen) atoms. The van der Waals surface area contributed by atoms with Gasteiger partial charge in [-0.05, 0) is 44.0 Å². The molecule has 2 aromatic rings. The van der Waals surface area contributed by atoms with Crippen molar-refractivity contribution in [3.05, 3.63) is 39.3 Å². The van der Waals surface area contributed by atoms with E-state index >= 15 is 0 Å². The van der Waals surface area contributed by atoms with E-state index in [9.17, 15) is 0 Å². The van der Waals surface area contributed by atoms with Crippen LogP contribution < -0.4 is 5.32 Å². The molecule has 2 heterocycles. The van der Waals surface area contributed by atoms with Gasteiger partial charge in [-0.25, -0.2) is 0 Å². The lowest BCUT2D eigenvalue weighted by molar-refractivity contribution is 0.495. The lowest BCUT2D eigenvalue weighted by Crippen LogP contribution is -2.25. The van der Waals surface area contributed by atoms with E-state index in [1.54, 1.807) is 0 Å². The summed E-state index contributed by atoms with van der Waals surface area (Å²) in [5, 5.41) is 8.29. The zero-order valence-corrected chi connectivity index (χ0v) is 14.5. The van der Waals surface area contributed by atoms with Gasteiger partial charge in [-0.15, -0.1) is 11.3 Å². The summed E-state index contributed by atoms with van der Waals surface area (Å²) in [7, 11) is 2.06. The van der Waals surface area contributed by atoms with Crippen LogP contribution in [0.5, 0.6) is 0 Å². The topological polar surface area (TPSA) is 29.9 Å². The van der Waals surface area contributed by atoms with Crippen molar-refractivity contribution in [1.82, 2.24) is 15.1 Å². The second-order valence-corrected chi connectivity index (χ2v) is 6.72. The van der Waals surface area contributed by atoms with Crippen molar-refractivity contribution in [3.63, 3.8) is 0 Å². The van der Waals surface area contributed by atoms with E-state index in [4.69, 9.17) is 0 Å². The van der Waals surface area contributed by atoms with Crippen molar-refractivity contribution in [2.45, 2.75) is 52.5 Å². The molecule has 0 amide bonds. The number of rotatable bonds is 8. The molecule has 0 fully saturated rings. The average molecular weight is 305 g/mol. The quantitative estimate of drug-likeness (QED) is 0.802. The highest BCUT2D eigenvalue weighted by atomic mass is 32.1. The molecule has 3 nitrogen and oxygen atoms in total. The predicted octanol–water partition coefficient (Wildman–Crippen LogP) is 3.89. The zero-order valence-electron chi connectivity index (χ0n) is 13.6. The number of hydrogen-bond donors (Lipinski definition) is 1. The summed E-state index contributed by atoms with van der Waals surface area (Å²) >= 11 is 1.94. The highest BCUT2D eigenvalue weighted by molar-refractivity contribution is 7.11. The Bertz CT molecular complexity index is 556. The number of nitrogens with one attached hydrogen (secondary N) is 1. The Morgan fingerprint density at radius 1 is 1.19 bits per heavy atom. The van der Waals surface area contributed by atoms with Crippen molar-refractivity contribution < 1.29 is 0 Å². The third kappa shape index (κ3) is 4.17. The molecule has 0 aliphatic rings. The smallest absolute Gasteiger partial charge is 0.0625 e. The Morgan fingerprint density at radius 2 is 1.95 bits per heavy atom. The lowest BCUT2D eigenvalue weighted by Gasteiger charge is -2.18. The second kappa shape index (κ2) is 7.76. The van der Waals surface area contributed by atoms with E-state index in [0.717, 1.165) is 32.2 Å². The van der Waals surface area contributed by atoms with Crippen molar-refractivity contribution >= 4 is 11.3 Å². The molecule has 0 saturated carbocycles. The maximum atomic E-state index is 4.60. The second-order valence-electron chi connectivity index (χ2n) is 5.47. The zero-order chi connectivity index (χ0) is 15.2. The van der Waals surface area contributed by atoms with Gasteiger partial charge in [-0.1, -0.05) is 20.8 Å². The molecule has 1 atom stereocenters. The Hall–Kier alpha value is -1.13. The molecule has 2 rings (SSSR count). The summed E-state index contributed by atoms with van der Waals surface area (Å²) in [6.45, 7) is 7.64. The summed E-state index contributed by atoms with van der Waals surface area (Å²) in [4.78, 5) is 2.93. The van der Waals surface area contributed by atoms with E-state index < -0.39 is 0 Å². The molecule has 1 unspecified atom stereocenters. The van der Waals surface area contributed by atoms with Crippen LogP contribution in [0.15, 0.2) is 18.2 Å². The summed E-state index contributed by atoms with van der Waals surface area (Å²) in [5.74, 6) is 0. The fraction of sp³-hybridized carbons (Fsp3) is 0.588. The molecule has 0 saturated heterocycles. The summed E-state index contributed by atoms with van der Waals surface area (Å²) in [5.41, 5.74) is 2.47. The normalized spacial score (nSPS) is 12.8. The summed E-state index contributed by atoms with van der Waals surface area (Å²) < 4.78 is 2.04. The average Bonchev–Trinajstić information content (AvgIpc) is 3.09. The third-order valence-electron chi connectivity index (χ3n) is 3.80. The standard InChI is InChI=1S/C17H27N3S/c1-5-10-18-16(12-15-9-8-14(7-3)21-15)17-11-13(6-2)19-20(17)4/h8-9,11,16,18H,5-7,10,12H2,1-4H3. The number of aryl methyl sites for hydroxylation is 3. The SMILES string of the molecule is CCCNC(Cc1ccc(CC)s1)c1cc(CC)nn1C. The molecule has 0 aliphatic heterocycles. The maximum absolute atomic E-state index is 4.60. The summed E-state index contributed by atoms with van der Waals surface area (Å²) in [6, 6.07) is 7.15. The van der Waals surface area contributed by atoms with Gasteiger partial charge in [0, 0.05) is 23.2 Å². The van der Waals surface area contributed by atoms with Crippen LogP contribution in [0.2, 0.25) is 0 Å². The van der Waals surface area contributed by atoms with Crippen LogP contribution in [0.4, 0.5) is 0 Å². The first-order valence-corrected chi connectivity index (χ1v) is 8.83. The number of nitrogens with zero attached hydrogens (tertiary/aromatic N) is 2. The highest BCUT2D eigenvalue weighted by Gasteiger charge is 2.17. The van der Waals surface area contributed by atoms with Gasteiger partial charge >= 0.3 is 0 Å². The van der Waals surface area contributed by atoms with Gasteiger partial charge in [-0.2, -0.15) is 5.10 Å². The van der Waals surface area contributed by atoms with Crippen molar-refractivity contribution in [2.75, 3.05) is 6.54 Å². The molecule has 116 valence electrons.